The standard InChI is InChI=1S/C17H31NO2Si/c1-14(19)16(13-20-21(5,6)17(2,3)4)18-12-15-10-8-7-9-11-15/h7-11,14,16,18-19H,12-13H2,1-6H3/t14-,16+/m0/s1. The first-order chi connectivity index (χ1) is 9.63. The molecule has 0 aliphatic rings. The molecule has 0 heterocycles. The van der Waals surface area contributed by atoms with Gasteiger partial charge >= 0.3 is 0 Å². The predicted octanol–water partition coefficient (Wildman–Crippen LogP) is 3.55. The topological polar surface area (TPSA) is 41.5 Å². The third-order valence-electron chi connectivity index (χ3n) is 4.42. The highest BCUT2D eigenvalue weighted by atomic mass is 28.4. The van der Waals surface area contributed by atoms with E-state index in [0.29, 0.717) is 6.61 Å². The highest BCUT2D eigenvalue weighted by molar-refractivity contribution is 6.74. The summed E-state index contributed by atoms with van der Waals surface area (Å²) in [5.74, 6) is 0. The van der Waals surface area contributed by atoms with E-state index in [2.05, 4.69) is 51.3 Å². The Bertz CT molecular complexity index is 413. The summed E-state index contributed by atoms with van der Waals surface area (Å²) in [6.45, 7) is 14.3. The summed E-state index contributed by atoms with van der Waals surface area (Å²) < 4.78 is 6.22. The SMILES string of the molecule is C[C@H](O)[C@@H](CO[Si](C)(C)C(C)(C)C)NCc1ccccc1. The molecule has 0 saturated heterocycles. The smallest absolute Gasteiger partial charge is 0.192 e. The van der Waals surface area contributed by atoms with E-state index in [1.165, 1.54) is 5.56 Å². The summed E-state index contributed by atoms with van der Waals surface area (Å²) in [5.41, 5.74) is 1.22. The quantitative estimate of drug-likeness (QED) is 0.757. The lowest BCUT2D eigenvalue weighted by Crippen LogP contribution is -2.48. The first kappa shape index (κ1) is 18.4. The monoisotopic (exact) mass is 309 g/mol. The molecule has 2 atom stereocenters. The van der Waals surface area contributed by atoms with Gasteiger partial charge in [0.1, 0.15) is 0 Å². The molecule has 0 amide bonds. The Morgan fingerprint density at radius 3 is 2.24 bits per heavy atom. The third kappa shape index (κ3) is 5.91. The van der Waals surface area contributed by atoms with Crippen molar-refractivity contribution in [3.63, 3.8) is 0 Å². The van der Waals surface area contributed by atoms with Gasteiger partial charge in [-0.25, -0.2) is 0 Å². The number of aliphatic hydroxyl groups is 1. The van der Waals surface area contributed by atoms with E-state index in [9.17, 15) is 5.11 Å². The normalized spacial score (nSPS) is 15.8. The Kier molecular flexibility index (Phi) is 6.59. The van der Waals surface area contributed by atoms with Crippen LogP contribution >= 0.6 is 0 Å². The van der Waals surface area contributed by atoms with E-state index in [0.717, 1.165) is 6.54 Å². The molecule has 1 aromatic carbocycles. The van der Waals surface area contributed by atoms with Gasteiger partial charge in [-0.2, -0.15) is 0 Å². The maximum Gasteiger partial charge on any atom is 0.192 e. The van der Waals surface area contributed by atoms with E-state index >= 15 is 0 Å². The molecule has 3 nitrogen and oxygen atoms in total. The maximum atomic E-state index is 9.96. The summed E-state index contributed by atoms with van der Waals surface area (Å²) in [4.78, 5) is 0. The zero-order valence-corrected chi connectivity index (χ0v) is 15.3. The highest BCUT2D eigenvalue weighted by Crippen LogP contribution is 2.36. The van der Waals surface area contributed by atoms with Crippen molar-refractivity contribution in [1.29, 1.82) is 0 Å². The molecule has 0 aliphatic heterocycles. The van der Waals surface area contributed by atoms with E-state index < -0.39 is 14.4 Å². The number of hydrogen-bond acceptors (Lipinski definition) is 3. The van der Waals surface area contributed by atoms with Crippen LogP contribution < -0.4 is 5.32 Å². The molecule has 120 valence electrons. The lowest BCUT2D eigenvalue weighted by molar-refractivity contribution is 0.106. The second kappa shape index (κ2) is 7.54. The molecular formula is C17H31NO2Si. The van der Waals surface area contributed by atoms with Gasteiger partial charge in [0.2, 0.25) is 0 Å². The number of aliphatic hydroxyl groups excluding tert-OH is 1. The fourth-order valence-electron chi connectivity index (χ4n) is 1.73. The fraction of sp³-hybridized carbons (Fsp3) is 0.647. The summed E-state index contributed by atoms with van der Waals surface area (Å²) in [5, 5.41) is 13.6. The van der Waals surface area contributed by atoms with E-state index in [-0.39, 0.29) is 11.1 Å². The lowest BCUT2D eigenvalue weighted by atomic mass is 10.1. The van der Waals surface area contributed by atoms with Gasteiger partial charge in [0.25, 0.3) is 0 Å². The molecule has 21 heavy (non-hydrogen) atoms. The highest BCUT2D eigenvalue weighted by Gasteiger charge is 2.37. The van der Waals surface area contributed by atoms with Crippen molar-refractivity contribution in [2.75, 3.05) is 6.61 Å². The van der Waals surface area contributed by atoms with Crippen LogP contribution in [0.2, 0.25) is 18.1 Å². The third-order valence-corrected chi connectivity index (χ3v) is 8.92. The van der Waals surface area contributed by atoms with E-state index in [4.69, 9.17) is 4.43 Å². The van der Waals surface area contributed by atoms with Crippen LogP contribution in [0, 0.1) is 0 Å². The molecular weight excluding hydrogens is 278 g/mol. The molecule has 1 rings (SSSR count). The van der Waals surface area contributed by atoms with Crippen molar-refractivity contribution in [2.24, 2.45) is 0 Å². The van der Waals surface area contributed by atoms with Gasteiger partial charge in [-0.1, -0.05) is 51.1 Å². The molecule has 0 fully saturated rings. The largest absolute Gasteiger partial charge is 0.415 e. The van der Waals surface area contributed by atoms with Crippen LogP contribution in [-0.4, -0.2) is 32.2 Å². The van der Waals surface area contributed by atoms with Crippen LogP contribution in [0.3, 0.4) is 0 Å². The lowest BCUT2D eigenvalue weighted by Gasteiger charge is -2.37. The predicted molar refractivity (Wildman–Crippen MR) is 91.9 cm³/mol. The van der Waals surface area contributed by atoms with Gasteiger partial charge in [0, 0.05) is 6.54 Å². The van der Waals surface area contributed by atoms with Gasteiger partial charge in [-0.3, -0.25) is 0 Å². The van der Waals surface area contributed by atoms with Gasteiger partial charge in [0.15, 0.2) is 8.32 Å². The summed E-state index contributed by atoms with van der Waals surface area (Å²) >= 11 is 0. The molecule has 2 N–H and O–H groups in total. The Balaban J connectivity index is 2.55. The molecule has 0 radical (unpaired) electrons. The van der Waals surface area contributed by atoms with Crippen molar-refractivity contribution in [2.45, 2.75) is 64.5 Å². The molecule has 0 bridgehead atoms. The zero-order valence-electron chi connectivity index (χ0n) is 14.3. The van der Waals surface area contributed by atoms with Crippen molar-refractivity contribution in [3.8, 4) is 0 Å². The molecule has 4 heteroatoms. The zero-order chi connectivity index (χ0) is 16.1. The van der Waals surface area contributed by atoms with Crippen LogP contribution in [0.4, 0.5) is 0 Å². The molecule has 0 spiro atoms. The van der Waals surface area contributed by atoms with Crippen LogP contribution in [0.15, 0.2) is 30.3 Å². The Hall–Kier alpha value is -0.683. The van der Waals surface area contributed by atoms with Crippen molar-refractivity contribution < 1.29 is 9.53 Å². The number of rotatable bonds is 7. The van der Waals surface area contributed by atoms with Gasteiger partial charge in [-0.15, -0.1) is 0 Å². The van der Waals surface area contributed by atoms with Crippen LogP contribution in [-0.2, 0) is 11.0 Å². The minimum absolute atomic E-state index is 0.0423. The van der Waals surface area contributed by atoms with Gasteiger partial charge in [0.05, 0.1) is 18.8 Å². The first-order valence-corrected chi connectivity index (χ1v) is 10.6. The fourth-order valence-corrected chi connectivity index (χ4v) is 2.76. The number of nitrogens with one attached hydrogen (secondary N) is 1. The molecule has 0 aliphatic carbocycles. The number of hydrogen-bond donors (Lipinski definition) is 2. The second-order valence-electron chi connectivity index (χ2n) is 7.28. The summed E-state index contributed by atoms with van der Waals surface area (Å²) in [6.07, 6.45) is -0.432. The minimum Gasteiger partial charge on any atom is -0.415 e. The maximum absolute atomic E-state index is 9.96. The molecule has 0 saturated carbocycles. The number of benzene rings is 1. The van der Waals surface area contributed by atoms with Gasteiger partial charge < -0.3 is 14.8 Å². The van der Waals surface area contributed by atoms with Crippen molar-refractivity contribution in [3.05, 3.63) is 35.9 Å². The minimum atomic E-state index is -1.77. The summed E-state index contributed by atoms with van der Waals surface area (Å²) in [6, 6.07) is 10.2. The van der Waals surface area contributed by atoms with E-state index in [1.54, 1.807) is 0 Å². The van der Waals surface area contributed by atoms with Crippen LogP contribution in [0.1, 0.15) is 33.3 Å². The molecule has 1 aromatic rings. The average molecular weight is 310 g/mol. The van der Waals surface area contributed by atoms with E-state index in [1.807, 2.05) is 25.1 Å². The van der Waals surface area contributed by atoms with Crippen LogP contribution in [0.25, 0.3) is 0 Å². The van der Waals surface area contributed by atoms with Crippen LogP contribution in [0.5, 0.6) is 0 Å². The first-order valence-electron chi connectivity index (χ1n) is 7.73. The molecule has 0 aromatic heterocycles. The average Bonchev–Trinajstić information content (AvgIpc) is 2.38. The van der Waals surface area contributed by atoms with Crippen molar-refractivity contribution in [1.82, 2.24) is 5.32 Å². The van der Waals surface area contributed by atoms with Crippen molar-refractivity contribution >= 4 is 8.32 Å². The Morgan fingerprint density at radius 1 is 1.19 bits per heavy atom. The summed E-state index contributed by atoms with van der Waals surface area (Å²) in [7, 11) is -1.77. The Labute approximate surface area is 130 Å². The Morgan fingerprint density at radius 2 is 1.76 bits per heavy atom. The second-order valence-corrected chi connectivity index (χ2v) is 12.1. The molecule has 0 unspecified atom stereocenters. The van der Waals surface area contributed by atoms with Gasteiger partial charge in [-0.05, 0) is 30.6 Å².